The molecule has 0 saturated carbocycles. The average Bonchev–Trinajstić information content (AvgIpc) is 2.47. The van der Waals surface area contributed by atoms with Crippen LogP contribution < -0.4 is 10.6 Å². The summed E-state index contributed by atoms with van der Waals surface area (Å²) >= 11 is 5.27. The molecule has 22 heavy (non-hydrogen) atoms. The Bertz CT molecular complexity index is 675. The zero-order valence-electron chi connectivity index (χ0n) is 11.9. The lowest BCUT2D eigenvalue weighted by Gasteiger charge is -2.34. The number of rotatable bonds is 3. The molecule has 0 amide bonds. The predicted octanol–water partition coefficient (Wildman–Crippen LogP) is 0.567. The zero-order valence-corrected chi connectivity index (χ0v) is 13.5. The van der Waals surface area contributed by atoms with Gasteiger partial charge in [-0.3, -0.25) is 15.4 Å². The fourth-order valence-electron chi connectivity index (χ4n) is 2.06. The highest BCUT2D eigenvalue weighted by Crippen LogP contribution is 2.16. The van der Waals surface area contributed by atoms with Crippen LogP contribution in [-0.2, 0) is 9.84 Å². The molecule has 0 bridgehead atoms. The van der Waals surface area contributed by atoms with Gasteiger partial charge in [-0.1, -0.05) is 0 Å². The van der Waals surface area contributed by atoms with Crippen molar-refractivity contribution in [3.8, 4) is 0 Å². The summed E-state index contributed by atoms with van der Waals surface area (Å²) in [5, 5.41) is 16.2. The number of anilines is 1. The van der Waals surface area contributed by atoms with Crippen LogP contribution in [0.3, 0.4) is 0 Å². The minimum absolute atomic E-state index is 0.00391. The lowest BCUT2D eigenvalue weighted by atomic mass is 10.3. The highest BCUT2D eigenvalue weighted by atomic mass is 32.2. The fourth-order valence-corrected chi connectivity index (χ4v) is 3.21. The molecule has 0 aromatic heterocycles. The van der Waals surface area contributed by atoms with Crippen LogP contribution in [0.4, 0.5) is 11.4 Å². The monoisotopic (exact) mass is 344 g/mol. The Morgan fingerprint density at radius 2 is 2.09 bits per heavy atom. The van der Waals surface area contributed by atoms with Gasteiger partial charge in [-0.2, -0.15) is 0 Å². The molecule has 1 unspecified atom stereocenters. The van der Waals surface area contributed by atoms with Gasteiger partial charge in [-0.05, 0) is 24.4 Å². The van der Waals surface area contributed by atoms with Gasteiger partial charge in [0.15, 0.2) is 14.9 Å². The van der Waals surface area contributed by atoms with Crippen LogP contribution in [0.2, 0.25) is 0 Å². The summed E-state index contributed by atoms with van der Waals surface area (Å²) in [7, 11) is -3.20. The SMILES string of the molecule is CS(=O)(=O)C1CN(C(=S)Nc2ccc([N+](=O)[O-])cc2)CCN1. The molecule has 2 N–H and O–H groups in total. The standard InChI is InChI=1S/C12H16N4O4S2/c1-22(19,20)11-8-15(7-6-13-11)12(21)14-9-2-4-10(5-3-9)16(17)18/h2-5,11,13H,6-8H2,1H3,(H,14,21). The van der Waals surface area contributed by atoms with Gasteiger partial charge in [-0.15, -0.1) is 0 Å². The summed E-state index contributed by atoms with van der Waals surface area (Å²) in [5.74, 6) is 0. The number of nitrogens with zero attached hydrogens (tertiary/aromatic N) is 2. The van der Waals surface area contributed by atoms with Crippen molar-refractivity contribution in [2.45, 2.75) is 5.37 Å². The normalized spacial score (nSPS) is 18.8. The molecule has 1 aliphatic rings. The topological polar surface area (TPSA) is 105 Å². The van der Waals surface area contributed by atoms with Crippen molar-refractivity contribution < 1.29 is 13.3 Å². The molecule has 1 aromatic rings. The summed E-state index contributed by atoms with van der Waals surface area (Å²) in [6.45, 7) is 1.36. The quantitative estimate of drug-likeness (QED) is 0.466. The largest absolute Gasteiger partial charge is 0.345 e. The first-order valence-electron chi connectivity index (χ1n) is 6.50. The molecule has 1 atom stereocenters. The molecule has 1 saturated heterocycles. The molecular weight excluding hydrogens is 328 g/mol. The van der Waals surface area contributed by atoms with E-state index < -0.39 is 20.1 Å². The number of non-ortho nitro benzene ring substituents is 1. The van der Waals surface area contributed by atoms with Crippen LogP contribution in [0.5, 0.6) is 0 Å². The number of nitro benzene ring substituents is 1. The number of piperazine rings is 1. The van der Waals surface area contributed by atoms with Crippen LogP contribution in [0, 0.1) is 10.1 Å². The van der Waals surface area contributed by atoms with Crippen molar-refractivity contribution >= 4 is 38.5 Å². The highest BCUT2D eigenvalue weighted by Gasteiger charge is 2.28. The van der Waals surface area contributed by atoms with Crippen molar-refractivity contribution in [3.05, 3.63) is 34.4 Å². The molecular formula is C12H16N4O4S2. The summed E-state index contributed by atoms with van der Waals surface area (Å²) < 4.78 is 23.2. The van der Waals surface area contributed by atoms with Gasteiger partial charge in [-0.25, -0.2) is 8.42 Å². The van der Waals surface area contributed by atoms with Crippen LogP contribution in [0.1, 0.15) is 0 Å². The third kappa shape index (κ3) is 4.12. The fraction of sp³-hybridized carbons (Fsp3) is 0.417. The van der Waals surface area contributed by atoms with E-state index in [9.17, 15) is 18.5 Å². The van der Waals surface area contributed by atoms with Crippen molar-refractivity contribution in [2.24, 2.45) is 0 Å². The van der Waals surface area contributed by atoms with Gasteiger partial charge < -0.3 is 10.2 Å². The second kappa shape index (κ2) is 6.55. The predicted molar refractivity (Wildman–Crippen MR) is 87.5 cm³/mol. The van der Waals surface area contributed by atoms with Gasteiger partial charge in [0.25, 0.3) is 5.69 Å². The van der Waals surface area contributed by atoms with E-state index in [2.05, 4.69) is 10.6 Å². The summed E-state index contributed by atoms with van der Waals surface area (Å²) in [6, 6.07) is 5.87. The first kappa shape index (κ1) is 16.6. The van der Waals surface area contributed by atoms with Crippen molar-refractivity contribution in [1.82, 2.24) is 10.2 Å². The number of hydrogen-bond donors (Lipinski definition) is 2. The first-order valence-corrected chi connectivity index (χ1v) is 8.86. The van der Waals surface area contributed by atoms with Crippen LogP contribution in [-0.4, -0.2) is 54.6 Å². The molecule has 1 fully saturated rings. The minimum atomic E-state index is -3.20. The van der Waals surface area contributed by atoms with Crippen molar-refractivity contribution in [1.29, 1.82) is 0 Å². The molecule has 1 aromatic carbocycles. The van der Waals surface area contributed by atoms with Crippen LogP contribution >= 0.6 is 12.2 Å². The maximum Gasteiger partial charge on any atom is 0.269 e. The van der Waals surface area contributed by atoms with E-state index in [4.69, 9.17) is 12.2 Å². The lowest BCUT2D eigenvalue weighted by Crippen LogP contribution is -2.56. The van der Waals surface area contributed by atoms with Crippen molar-refractivity contribution in [3.63, 3.8) is 0 Å². The van der Waals surface area contributed by atoms with E-state index in [1.54, 1.807) is 17.0 Å². The van der Waals surface area contributed by atoms with Crippen LogP contribution in [0.15, 0.2) is 24.3 Å². The molecule has 0 radical (unpaired) electrons. The molecule has 0 spiro atoms. The maximum absolute atomic E-state index is 11.6. The number of sulfone groups is 1. The summed E-state index contributed by atoms with van der Waals surface area (Å²) in [6.07, 6.45) is 1.18. The summed E-state index contributed by atoms with van der Waals surface area (Å²) in [5.41, 5.74) is 0.612. The van der Waals surface area contributed by atoms with E-state index in [0.717, 1.165) is 0 Å². The number of nitrogens with one attached hydrogen (secondary N) is 2. The van der Waals surface area contributed by atoms with E-state index in [1.807, 2.05) is 0 Å². The maximum atomic E-state index is 11.6. The second-order valence-corrected chi connectivity index (χ2v) is 7.57. The minimum Gasteiger partial charge on any atom is -0.345 e. The Morgan fingerprint density at radius 3 is 2.64 bits per heavy atom. The first-order chi connectivity index (χ1) is 10.3. The Hall–Kier alpha value is -1.78. The zero-order chi connectivity index (χ0) is 16.3. The van der Waals surface area contributed by atoms with E-state index in [-0.39, 0.29) is 12.2 Å². The molecule has 8 nitrogen and oxygen atoms in total. The number of hydrogen-bond acceptors (Lipinski definition) is 6. The second-order valence-electron chi connectivity index (χ2n) is 4.95. The molecule has 120 valence electrons. The number of thiocarbonyl (C=S) groups is 1. The van der Waals surface area contributed by atoms with Crippen LogP contribution in [0.25, 0.3) is 0 Å². The third-order valence-electron chi connectivity index (χ3n) is 3.27. The van der Waals surface area contributed by atoms with Crippen molar-refractivity contribution in [2.75, 3.05) is 31.2 Å². The molecule has 2 rings (SSSR count). The number of benzene rings is 1. The smallest absolute Gasteiger partial charge is 0.269 e. The van der Waals surface area contributed by atoms with Gasteiger partial charge in [0, 0.05) is 43.7 Å². The average molecular weight is 344 g/mol. The number of nitro groups is 1. The molecule has 10 heteroatoms. The molecule has 1 heterocycles. The van der Waals surface area contributed by atoms with Gasteiger partial charge in [0.05, 0.1) is 4.92 Å². The lowest BCUT2D eigenvalue weighted by molar-refractivity contribution is -0.384. The van der Waals surface area contributed by atoms with E-state index in [1.165, 1.54) is 18.4 Å². The molecule has 0 aliphatic carbocycles. The molecule has 1 aliphatic heterocycles. The van der Waals surface area contributed by atoms with E-state index in [0.29, 0.717) is 23.9 Å². The van der Waals surface area contributed by atoms with Gasteiger partial charge >= 0.3 is 0 Å². The van der Waals surface area contributed by atoms with Gasteiger partial charge in [0.1, 0.15) is 5.37 Å². The van der Waals surface area contributed by atoms with Gasteiger partial charge in [0.2, 0.25) is 0 Å². The highest BCUT2D eigenvalue weighted by molar-refractivity contribution is 7.91. The Kier molecular flexibility index (Phi) is 4.94. The summed E-state index contributed by atoms with van der Waals surface area (Å²) in [4.78, 5) is 11.9. The Labute approximate surface area is 133 Å². The Morgan fingerprint density at radius 1 is 1.45 bits per heavy atom. The Balaban J connectivity index is 2.01. The third-order valence-corrected chi connectivity index (χ3v) is 4.98. The van der Waals surface area contributed by atoms with E-state index >= 15 is 0 Å².